The molecule has 1 amide bonds. The number of amides is 1. The van der Waals surface area contributed by atoms with Crippen molar-refractivity contribution in [3.63, 3.8) is 0 Å². The predicted octanol–water partition coefficient (Wildman–Crippen LogP) is 3.94. The molecule has 0 fully saturated rings. The number of thiazole rings is 1. The van der Waals surface area contributed by atoms with Gasteiger partial charge in [0.15, 0.2) is 14.6 Å². The van der Waals surface area contributed by atoms with Crippen LogP contribution in [0.4, 0.5) is 4.39 Å². The number of hydrogen-bond acceptors (Lipinski definition) is 5. The number of carbonyl (C=O) groups is 1. The van der Waals surface area contributed by atoms with Crippen LogP contribution in [0, 0.1) is 5.82 Å². The van der Waals surface area contributed by atoms with Gasteiger partial charge in [0.25, 0.3) is 0 Å². The number of carbonyl (C=O) groups excluding carboxylic acids is 1. The van der Waals surface area contributed by atoms with Gasteiger partial charge in [-0.25, -0.2) is 12.8 Å². The lowest BCUT2D eigenvalue weighted by Crippen LogP contribution is -2.18. The van der Waals surface area contributed by atoms with Gasteiger partial charge in [-0.05, 0) is 55.8 Å². The minimum atomic E-state index is -3.69. The molecule has 9 heteroatoms. The first-order valence-electron chi connectivity index (χ1n) is 9.66. The summed E-state index contributed by atoms with van der Waals surface area (Å²) in [6.45, 7) is 5.19. The van der Waals surface area contributed by atoms with Crippen LogP contribution in [0.15, 0.2) is 52.4 Å². The summed E-state index contributed by atoms with van der Waals surface area (Å²) in [6, 6.07) is 10.3. The Labute approximate surface area is 178 Å². The van der Waals surface area contributed by atoms with E-state index in [-0.39, 0.29) is 17.1 Å². The monoisotopic (exact) mass is 450 g/mol. The Balaban J connectivity index is 1.85. The molecular formula is C21H23FN2O4S2. The fourth-order valence-corrected chi connectivity index (χ4v) is 5.31. The maximum Gasteiger partial charge on any atom is 0.249 e. The van der Waals surface area contributed by atoms with Crippen molar-refractivity contribution >= 4 is 37.3 Å². The normalized spacial score (nSPS) is 12.4. The van der Waals surface area contributed by atoms with Gasteiger partial charge in [-0.2, -0.15) is 4.99 Å². The molecule has 0 aliphatic rings. The van der Waals surface area contributed by atoms with Gasteiger partial charge in [-0.1, -0.05) is 18.3 Å². The van der Waals surface area contributed by atoms with Crippen molar-refractivity contribution in [2.24, 2.45) is 4.99 Å². The highest BCUT2D eigenvalue weighted by Gasteiger charge is 2.17. The van der Waals surface area contributed by atoms with Crippen molar-refractivity contribution in [1.29, 1.82) is 0 Å². The summed E-state index contributed by atoms with van der Waals surface area (Å²) in [6.07, 6.45) is 0.615. The van der Waals surface area contributed by atoms with E-state index in [9.17, 15) is 17.6 Å². The third-order valence-electron chi connectivity index (χ3n) is 4.39. The summed E-state index contributed by atoms with van der Waals surface area (Å²) < 4.78 is 46.2. The number of fused-ring (bicyclic) bond motifs is 1. The lowest BCUT2D eigenvalue weighted by Gasteiger charge is -2.05. The molecule has 0 aliphatic heterocycles. The van der Waals surface area contributed by atoms with Crippen LogP contribution in [0.5, 0.6) is 5.75 Å². The summed E-state index contributed by atoms with van der Waals surface area (Å²) in [5.41, 5.74) is 0.954. The van der Waals surface area contributed by atoms with Gasteiger partial charge in [0, 0.05) is 13.0 Å². The number of hydrogen-bond donors (Lipinski definition) is 0. The minimum Gasteiger partial charge on any atom is -0.494 e. The summed E-state index contributed by atoms with van der Waals surface area (Å²) >= 11 is 1.37. The number of sulfone groups is 1. The molecule has 3 aromatic rings. The molecule has 2 aromatic carbocycles. The number of rotatable bonds is 8. The maximum atomic E-state index is 13.0. The van der Waals surface area contributed by atoms with E-state index in [2.05, 4.69) is 4.99 Å². The van der Waals surface area contributed by atoms with Crippen LogP contribution in [0.2, 0.25) is 0 Å². The predicted molar refractivity (Wildman–Crippen MR) is 115 cm³/mol. The topological polar surface area (TPSA) is 77.7 Å². The second-order valence-electron chi connectivity index (χ2n) is 6.63. The number of aryl methyl sites for hydroxylation is 1. The van der Waals surface area contributed by atoms with E-state index >= 15 is 0 Å². The van der Waals surface area contributed by atoms with Crippen molar-refractivity contribution in [3.05, 3.63) is 53.1 Å². The highest BCUT2D eigenvalue weighted by Crippen LogP contribution is 2.23. The lowest BCUT2D eigenvalue weighted by atomic mass is 10.3. The Morgan fingerprint density at radius 2 is 1.90 bits per heavy atom. The fraction of sp³-hybridized carbons (Fsp3) is 0.333. The molecule has 0 spiro atoms. The molecular weight excluding hydrogens is 427 g/mol. The molecule has 0 unspecified atom stereocenters. The number of halogens is 1. The fourth-order valence-electron chi connectivity index (χ4n) is 2.98. The van der Waals surface area contributed by atoms with Crippen molar-refractivity contribution in [1.82, 2.24) is 4.57 Å². The van der Waals surface area contributed by atoms with Gasteiger partial charge >= 0.3 is 0 Å². The largest absolute Gasteiger partial charge is 0.494 e. The van der Waals surface area contributed by atoms with Gasteiger partial charge in [0.1, 0.15) is 11.6 Å². The van der Waals surface area contributed by atoms with Crippen LogP contribution in [-0.2, 0) is 21.2 Å². The van der Waals surface area contributed by atoms with Gasteiger partial charge in [0.05, 0.1) is 27.5 Å². The zero-order valence-electron chi connectivity index (χ0n) is 16.8. The number of ether oxygens (including phenoxy) is 1. The summed E-state index contributed by atoms with van der Waals surface area (Å²) in [5, 5.41) is 0. The van der Waals surface area contributed by atoms with Gasteiger partial charge in [0.2, 0.25) is 5.91 Å². The van der Waals surface area contributed by atoms with E-state index in [4.69, 9.17) is 4.74 Å². The molecule has 0 bridgehead atoms. The van der Waals surface area contributed by atoms with Gasteiger partial charge < -0.3 is 9.30 Å². The van der Waals surface area contributed by atoms with Crippen LogP contribution >= 0.6 is 11.3 Å². The first-order chi connectivity index (χ1) is 14.3. The molecule has 0 saturated carbocycles. The number of aromatic nitrogens is 1. The van der Waals surface area contributed by atoms with E-state index < -0.39 is 21.6 Å². The highest BCUT2D eigenvalue weighted by atomic mass is 32.2. The van der Waals surface area contributed by atoms with E-state index in [0.29, 0.717) is 18.0 Å². The van der Waals surface area contributed by atoms with Crippen LogP contribution in [0.1, 0.15) is 26.7 Å². The van der Waals surface area contributed by atoms with Gasteiger partial charge in [-0.15, -0.1) is 0 Å². The molecule has 3 rings (SSSR count). The average molecular weight is 451 g/mol. The van der Waals surface area contributed by atoms with Crippen molar-refractivity contribution in [3.8, 4) is 5.75 Å². The number of nitrogens with zero attached hydrogens (tertiary/aromatic N) is 2. The summed E-state index contributed by atoms with van der Waals surface area (Å²) in [4.78, 5) is 17.1. The quantitative estimate of drug-likeness (QED) is 0.487. The van der Waals surface area contributed by atoms with E-state index in [1.54, 1.807) is 0 Å². The Morgan fingerprint density at radius 3 is 2.57 bits per heavy atom. The summed E-state index contributed by atoms with van der Waals surface area (Å²) in [5.74, 6) is -0.660. The first-order valence-corrected chi connectivity index (χ1v) is 12.1. The molecule has 0 radical (unpaired) electrons. The molecule has 1 heterocycles. The Morgan fingerprint density at radius 1 is 1.17 bits per heavy atom. The lowest BCUT2D eigenvalue weighted by molar-refractivity contribution is -0.117. The van der Waals surface area contributed by atoms with E-state index in [0.717, 1.165) is 34.5 Å². The second-order valence-corrected chi connectivity index (χ2v) is 9.75. The Bertz CT molecular complexity index is 1210. The smallest absolute Gasteiger partial charge is 0.249 e. The molecule has 160 valence electrons. The highest BCUT2D eigenvalue weighted by molar-refractivity contribution is 7.91. The Kier molecular flexibility index (Phi) is 7.04. The van der Waals surface area contributed by atoms with Crippen LogP contribution < -0.4 is 9.54 Å². The molecule has 0 atom stereocenters. The molecule has 6 nitrogen and oxygen atoms in total. The first kappa shape index (κ1) is 22.2. The molecule has 1 aromatic heterocycles. The third kappa shape index (κ3) is 5.14. The van der Waals surface area contributed by atoms with Crippen molar-refractivity contribution < 1.29 is 22.3 Å². The van der Waals surface area contributed by atoms with E-state index in [1.165, 1.54) is 23.5 Å². The Hall–Kier alpha value is -2.52. The third-order valence-corrected chi connectivity index (χ3v) is 7.16. The SMILES string of the molecule is CCCn1c(=NC(=O)CCS(=O)(=O)c2ccc(F)cc2)sc2cc(OCC)ccc21. The zero-order valence-corrected chi connectivity index (χ0v) is 18.4. The molecule has 0 saturated heterocycles. The standard InChI is InChI=1S/C21H23FN2O4S2/c1-3-12-24-18-10-7-16(28-4-2)14-19(18)29-21(24)23-20(25)11-13-30(26,27)17-8-5-15(22)6-9-17/h5-10,14H,3-4,11-13H2,1-2H3. The minimum absolute atomic E-state index is 0.0111. The summed E-state index contributed by atoms with van der Waals surface area (Å²) in [7, 11) is -3.69. The van der Waals surface area contributed by atoms with Crippen molar-refractivity contribution in [2.45, 2.75) is 38.1 Å². The van der Waals surface area contributed by atoms with Crippen LogP contribution in [0.25, 0.3) is 10.2 Å². The van der Waals surface area contributed by atoms with Crippen molar-refractivity contribution in [2.75, 3.05) is 12.4 Å². The molecule has 30 heavy (non-hydrogen) atoms. The second kappa shape index (κ2) is 9.53. The van der Waals surface area contributed by atoms with Crippen LogP contribution in [-0.4, -0.2) is 31.3 Å². The van der Waals surface area contributed by atoms with Gasteiger partial charge in [-0.3, -0.25) is 4.79 Å². The number of benzene rings is 2. The van der Waals surface area contributed by atoms with E-state index in [1.807, 2.05) is 36.6 Å². The maximum absolute atomic E-state index is 13.0. The molecule has 0 aliphatic carbocycles. The zero-order chi connectivity index (χ0) is 21.7. The average Bonchev–Trinajstić information content (AvgIpc) is 3.04. The van der Waals surface area contributed by atoms with Crippen LogP contribution in [0.3, 0.4) is 0 Å². The molecule has 0 N–H and O–H groups in total.